The summed E-state index contributed by atoms with van der Waals surface area (Å²) in [6, 6.07) is -0.144. The second kappa shape index (κ2) is 6.14. The minimum absolute atomic E-state index is 0.00305. The molecule has 1 amide bonds. The molecule has 19 heavy (non-hydrogen) atoms. The Balaban J connectivity index is 1.96. The van der Waals surface area contributed by atoms with E-state index in [0.717, 1.165) is 30.0 Å². The molecule has 2 rings (SSSR count). The summed E-state index contributed by atoms with van der Waals surface area (Å²) in [5.41, 5.74) is 0.799. The lowest BCUT2D eigenvalue weighted by atomic mass is 10.1. The molecule has 1 aliphatic rings. The number of carboxylic acids is 1. The number of thiazole rings is 1. The van der Waals surface area contributed by atoms with Crippen molar-refractivity contribution < 1.29 is 14.7 Å². The highest BCUT2D eigenvalue weighted by Gasteiger charge is 2.30. The van der Waals surface area contributed by atoms with Crippen molar-refractivity contribution >= 4 is 23.2 Å². The predicted octanol–water partition coefficient (Wildman–Crippen LogP) is 1.71. The zero-order chi connectivity index (χ0) is 13.8. The number of aliphatic carboxylic acids is 1. The van der Waals surface area contributed by atoms with Gasteiger partial charge in [-0.2, -0.15) is 0 Å². The second-order valence-corrected chi connectivity index (χ2v) is 5.69. The van der Waals surface area contributed by atoms with Gasteiger partial charge in [0.1, 0.15) is 0 Å². The van der Waals surface area contributed by atoms with Gasteiger partial charge in [-0.25, -0.2) is 4.98 Å². The van der Waals surface area contributed by atoms with Crippen LogP contribution in [0.1, 0.15) is 36.9 Å². The van der Waals surface area contributed by atoms with Crippen LogP contribution >= 0.6 is 11.3 Å². The summed E-state index contributed by atoms with van der Waals surface area (Å²) in [5, 5.41) is 11.8. The van der Waals surface area contributed by atoms with Crippen molar-refractivity contribution in [3.8, 4) is 0 Å². The molecule has 6 heteroatoms. The Morgan fingerprint density at radius 1 is 1.58 bits per heavy atom. The number of aromatic nitrogens is 1. The van der Waals surface area contributed by atoms with E-state index in [1.807, 2.05) is 12.3 Å². The summed E-state index contributed by atoms with van der Waals surface area (Å²) < 4.78 is 0. The molecule has 104 valence electrons. The van der Waals surface area contributed by atoms with Gasteiger partial charge in [-0.05, 0) is 19.3 Å². The molecule has 1 unspecified atom stereocenters. The number of carbonyl (C=O) groups is 2. The summed E-state index contributed by atoms with van der Waals surface area (Å²) in [6.07, 6.45) is 2.89. The molecule has 0 bridgehead atoms. The summed E-state index contributed by atoms with van der Waals surface area (Å²) in [7, 11) is 0. The minimum Gasteiger partial charge on any atom is -0.481 e. The van der Waals surface area contributed by atoms with Crippen molar-refractivity contribution in [2.24, 2.45) is 0 Å². The molecule has 0 saturated carbocycles. The third kappa shape index (κ3) is 3.53. The van der Waals surface area contributed by atoms with Crippen LogP contribution in [-0.2, 0) is 22.4 Å². The number of nitrogens with zero attached hydrogens (tertiary/aromatic N) is 2. The zero-order valence-electron chi connectivity index (χ0n) is 11.0. The molecule has 1 aromatic rings. The molecule has 1 N–H and O–H groups in total. The number of carboxylic acid groups (broad SMARTS) is 1. The zero-order valence-corrected chi connectivity index (χ0v) is 11.8. The van der Waals surface area contributed by atoms with E-state index in [9.17, 15) is 9.59 Å². The number of likely N-dealkylation sites (tertiary alicyclic amines) is 1. The van der Waals surface area contributed by atoms with Crippen LogP contribution in [0.4, 0.5) is 0 Å². The van der Waals surface area contributed by atoms with Crippen molar-refractivity contribution in [2.45, 2.75) is 45.1 Å². The molecule has 1 fully saturated rings. The lowest BCUT2D eigenvalue weighted by molar-refractivity contribution is -0.139. The quantitative estimate of drug-likeness (QED) is 0.892. The number of hydrogen-bond acceptors (Lipinski definition) is 4. The molecular weight excluding hydrogens is 264 g/mol. The Kier molecular flexibility index (Phi) is 4.52. The average molecular weight is 282 g/mol. The van der Waals surface area contributed by atoms with Crippen LogP contribution in [0.25, 0.3) is 0 Å². The van der Waals surface area contributed by atoms with E-state index in [1.54, 1.807) is 16.2 Å². The highest BCUT2D eigenvalue weighted by atomic mass is 32.1. The first-order chi connectivity index (χ1) is 9.10. The summed E-state index contributed by atoms with van der Waals surface area (Å²) in [4.78, 5) is 29.1. The first kappa shape index (κ1) is 14.0. The van der Waals surface area contributed by atoms with Crippen LogP contribution < -0.4 is 0 Å². The summed E-state index contributed by atoms with van der Waals surface area (Å²) >= 11 is 1.57. The Hall–Kier alpha value is -1.43. The van der Waals surface area contributed by atoms with Crippen LogP contribution in [0.3, 0.4) is 0 Å². The van der Waals surface area contributed by atoms with E-state index in [-0.39, 0.29) is 24.8 Å². The van der Waals surface area contributed by atoms with Gasteiger partial charge < -0.3 is 10.0 Å². The SMILES string of the molecule is CCc1nc(CC(=O)N2CCCC2CC(=O)O)cs1. The molecular formula is C13H18N2O3S. The summed E-state index contributed by atoms with van der Waals surface area (Å²) in [6.45, 7) is 2.70. The topological polar surface area (TPSA) is 70.5 Å². The fourth-order valence-corrected chi connectivity index (χ4v) is 3.17. The van der Waals surface area contributed by atoms with Crippen LogP contribution in [0.2, 0.25) is 0 Å². The minimum atomic E-state index is -0.841. The molecule has 5 nitrogen and oxygen atoms in total. The van der Waals surface area contributed by atoms with Crippen molar-refractivity contribution in [3.05, 3.63) is 16.1 Å². The predicted molar refractivity (Wildman–Crippen MR) is 72.2 cm³/mol. The maximum Gasteiger partial charge on any atom is 0.305 e. The Labute approximate surface area is 116 Å². The molecule has 0 aliphatic carbocycles. The molecule has 1 aliphatic heterocycles. The number of rotatable bonds is 5. The summed E-state index contributed by atoms with van der Waals surface area (Å²) in [5.74, 6) is -0.844. The highest BCUT2D eigenvalue weighted by molar-refractivity contribution is 7.09. The van der Waals surface area contributed by atoms with Gasteiger partial charge in [-0.3, -0.25) is 9.59 Å². The van der Waals surface area contributed by atoms with Gasteiger partial charge >= 0.3 is 5.97 Å². The number of carbonyl (C=O) groups excluding carboxylic acids is 1. The number of amides is 1. The van der Waals surface area contributed by atoms with Crippen molar-refractivity contribution in [1.82, 2.24) is 9.88 Å². The fourth-order valence-electron chi connectivity index (χ4n) is 2.43. The third-order valence-corrected chi connectivity index (χ3v) is 4.38. The van der Waals surface area contributed by atoms with Crippen molar-refractivity contribution in [2.75, 3.05) is 6.54 Å². The van der Waals surface area contributed by atoms with Crippen LogP contribution in [0.5, 0.6) is 0 Å². The van der Waals surface area contributed by atoms with E-state index in [0.29, 0.717) is 6.54 Å². The lowest BCUT2D eigenvalue weighted by Gasteiger charge is -2.23. The molecule has 0 aromatic carbocycles. The van der Waals surface area contributed by atoms with Crippen LogP contribution in [0, 0.1) is 0 Å². The molecule has 1 saturated heterocycles. The van der Waals surface area contributed by atoms with Crippen molar-refractivity contribution in [3.63, 3.8) is 0 Å². The molecule has 2 heterocycles. The van der Waals surface area contributed by atoms with Gasteiger partial charge in [0.2, 0.25) is 5.91 Å². The second-order valence-electron chi connectivity index (χ2n) is 4.74. The normalized spacial score (nSPS) is 18.8. The van der Waals surface area contributed by atoms with Gasteiger partial charge in [0, 0.05) is 18.0 Å². The van der Waals surface area contributed by atoms with Gasteiger partial charge in [0.05, 0.1) is 23.5 Å². The smallest absolute Gasteiger partial charge is 0.305 e. The van der Waals surface area contributed by atoms with E-state index >= 15 is 0 Å². The largest absolute Gasteiger partial charge is 0.481 e. The lowest BCUT2D eigenvalue weighted by Crippen LogP contribution is -2.37. The van der Waals surface area contributed by atoms with Crippen LogP contribution in [-0.4, -0.2) is 39.5 Å². The standard InChI is InChI=1S/C13H18N2O3S/c1-2-11-14-9(8-19-11)6-12(16)15-5-3-4-10(15)7-13(17)18/h8,10H,2-7H2,1H3,(H,17,18). The maximum absolute atomic E-state index is 12.2. The first-order valence-corrected chi connectivity index (χ1v) is 7.42. The molecule has 0 radical (unpaired) electrons. The van der Waals surface area contributed by atoms with Gasteiger partial charge in [0.25, 0.3) is 0 Å². The van der Waals surface area contributed by atoms with Crippen LogP contribution in [0.15, 0.2) is 5.38 Å². The molecule has 1 aromatic heterocycles. The Morgan fingerprint density at radius 2 is 2.37 bits per heavy atom. The Bertz CT molecular complexity index is 472. The molecule has 0 spiro atoms. The number of aryl methyl sites for hydroxylation is 1. The van der Waals surface area contributed by atoms with E-state index in [2.05, 4.69) is 4.98 Å². The first-order valence-electron chi connectivity index (χ1n) is 6.54. The van der Waals surface area contributed by atoms with Gasteiger partial charge in [-0.1, -0.05) is 6.92 Å². The van der Waals surface area contributed by atoms with Crippen molar-refractivity contribution in [1.29, 1.82) is 0 Å². The third-order valence-electron chi connectivity index (χ3n) is 3.34. The van der Waals surface area contributed by atoms with E-state index < -0.39 is 5.97 Å². The van der Waals surface area contributed by atoms with Gasteiger partial charge in [-0.15, -0.1) is 11.3 Å². The molecule has 1 atom stereocenters. The fraction of sp³-hybridized carbons (Fsp3) is 0.615. The van der Waals surface area contributed by atoms with Gasteiger partial charge in [0.15, 0.2) is 0 Å². The highest BCUT2D eigenvalue weighted by Crippen LogP contribution is 2.21. The Morgan fingerprint density at radius 3 is 3.00 bits per heavy atom. The van der Waals surface area contributed by atoms with E-state index in [4.69, 9.17) is 5.11 Å². The van der Waals surface area contributed by atoms with E-state index in [1.165, 1.54) is 0 Å². The number of hydrogen-bond donors (Lipinski definition) is 1. The average Bonchev–Trinajstić information content (AvgIpc) is 2.97. The maximum atomic E-state index is 12.2. The monoisotopic (exact) mass is 282 g/mol.